The first-order valence-electron chi connectivity index (χ1n) is 6.20. The Labute approximate surface area is 122 Å². The maximum absolute atomic E-state index is 5.89. The molecule has 2 atom stereocenters. The largest absolute Gasteiger partial charge is 0.376 e. The van der Waals surface area contributed by atoms with Gasteiger partial charge in [-0.15, -0.1) is 11.3 Å². The van der Waals surface area contributed by atoms with E-state index in [-0.39, 0.29) is 17.6 Å². The summed E-state index contributed by atoms with van der Waals surface area (Å²) in [5, 5.41) is 0. The molecule has 5 heteroatoms. The van der Waals surface area contributed by atoms with Gasteiger partial charge in [0.15, 0.2) is 0 Å². The first-order valence-corrected chi connectivity index (χ1v) is 7.81. The van der Waals surface area contributed by atoms with Crippen molar-refractivity contribution >= 4 is 27.3 Å². The van der Waals surface area contributed by atoms with Gasteiger partial charge in [-0.3, -0.25) is 11.3 Å². The molecule has 0 saturated heterocycles. The maximum atomic E-state index is 5.89. The number of ether oxygens (including phenoxy) is 1. The second kappa shape index (κ2) is 7.01. The minimum Gasteiger partial charge on any atom is -0.376 e. The number of hydrogen-bond acceptors (Lipinski definition) is 4. The first-order chi connectivity index (χ1) is 8.38. The fourth-order valence-electron chi connectivity index (χ4n) is 2.08. The van der Waals surface area contributed by atoms with Crippen LogP contribution in [-0.2, 0) is 11.2 Å². The van der Waals surface area contributed by atoms with Gasteiger partial charge < -0.3 is 4.74 Å². The number of nitrogens with one attached hydrogen (secondary N) is 1. The monoisotopic (exact) mass is 334 g/mol. The minimum atomic E-state index is 0.0571. The Kier molecular flexibility index (Phi) is 6.27. The van der Waals surface area contributed by atoms with Gasteiger partial charge in [0.05, 0.1) is 15.9 Å². The summed E-state index contributed by atoms with van der Waals surface area (Å²) in [6.07, 6.45) is 0.975. The Morgan fingerprint density at radius 1 is 1.44 bits per heavy atom. The molecule has 0 aromatic carbocycles. The second-order valence-corrected chi connectivity index (χ2v) is 7.97. The van der Waals surface area contributed by atoms with Gasteiger partial charge in [-0.05, 0) is 40.4 Å². The van der Waals surface area contributed by atoms with Crippen molar-refractivity contribution in [3.63, 3.8) is 0 Å². The highest BCUT2D eigenvalue weighted by molar-refractivity contribution is 9.11. The molecule has 0 saturated carbocycles. The first kappa shape index (κ1) is 16.1. The van der Waals surface area contributed by atoms with Crippen LogP contribution in [0.15, 0.2) is 15.9 Å². The number of thiophene rings is 1. The molecule has 1 heterocycles. The van der Waals surface area contributed by atoms with E-state index in [1.165, 1.54) is 4.88 Å². The van der Waals surface area contributed by atoms with Crippen molar-refractivity contribution in [1.82, 2.24) is 5.43 Å². The summed E-state index contributed by atoms with van der Waals surface area (Å²) in [5.41, 5.74) is 2.97. The van der Waals surface area contributed by atoms with Gasteiger partial charge in [0.2, 0.25) is 0 Å². The molecule has 0 aliphatic heterocycles. The molecular weight excluding hydrogens is 312 g/mol. The molecule has 1 aromatic heterocycles. The summed E-state index contributed by atoms with van der Waals surface area (Å²) in [7, 11) is 0. The zero-order chi connectivity index (χ0) is 13.8. The molecule has 1 aromatic rings. The predicted molar refractivity (Wildman–Crippen MR) is 81.7 cm³/mol. The third-order valence-electron chi connectivity index (χ3n) is 2.83. The molecule has 0 amide bonds. The summed E-state index contributed by atoms with van der Waals surface area (Å²) in [5.74, 6) is 5.72. The van der Waals surface area contributed by atoms with Gasteiger partial charge in [0, 0.05) is 17.9 Å². The van der Waals surface area contributed by atoms with E-state index in [9.17, 15) is 0 Å². The van der Waals surface area contributed by atoms with Crippen LogP contribution < -0.4 is 11.3 Å². The van der Waals surface area contributed by atoms with Gasteiger partial charge in [0.25, 0.3) is 0 Å². The zero-order valence-electron chi connectivity index (χ0n) is 11.5. The van der Waals surface area contributed by atoms with Crippen molar-refractivity contribution in [2.45, 2.75) is 46.3 Å². The van der Waals surface area contributed by atoms with E-state index in [2.05, 4.69) is 54.3 Å². The standard InChI is InChI=1S/C13H23BrN2OS/c1-5-17-12(13(2,3)4)10(16-15)8-9-6-7-11(14)18-9/h6-7,10,12,16H,5,8,15H2,1-4H3. The van der Waals surface area contributed by atoms with Crippen molar-refractivity contribution in [2.24, 2.45) is 11.3 Å². The van der Waals surface area contributed by atoms with Crippen molar-refractivity contribution in [1.29, 1.82) is 0 Å². The van der Waals surface area contributed by atoms with Crippen molar-refractivity contribution in [3.8, 4) is 0 Å². The van der Waals surface area contributed by atoms with Crippen molar-refractivity contribution in [3.05, 3.63) is 20.8 Å². The molecule has 104 valence electrons. The van der Waals surface area contributed by atoms with Gasteiger partial charge >= 0.3 is 0 Å². The van der Waals surface area contributed by atoms with Crippen LogP contribution in [0.3, 0.4) is 0 Å². The van der Waals surface area contributed by atoms with Crippen LogP contribution in [0.25, 0.3) is 0 Å². The van der Waals surface area contributed by atoms with Gasteiger partial charge in [-0.2, -0.15) is 0 Å². The summed E-state index contributed by atoms with van der Waals surface area (Å²) in [6, 6.07) is 4.32. The molecule has 0 bridgehead atoms. The molecule has 3 nitrogen and oxygen atoms in total. The SMILES string of the molecule is CCOC(C(Cc1ccc(Br)s1)NN)C(C)(C)C. The molecule has 1 rings (SSSR count). The Hall–Kier alpha value is 0.0600. The highest BCUT2D eigenvalue weighted by atomic mass is 79.9. The molecule has 18 heavy (non-hydrogen) atoms. The lowest BCUT2D eigenvalue weighted by Gasteiger charge is -2.36. The van der Waals surface area contributed by atoms with Crippen molar-refractivity contribution in [2.75, 3.05) is 6.61 Å². The van der Waals surface area contributed by atoms with E-state index in [0.717, 1.165) is 10.2 Å². The van der Waals surface area contributed by atoms with Gasteiger partial charge in [0.1, 0.15) is 0 Å². The molecule has 0 aliphatic rings. The summed E-state index contributed by atoms with van der Waals surface area (Å²) >= 11 is 5.23. The van der Waals surface area contributed by atoms with E-state index in [1.807, 2.05) is 6.92 Å². The topological polar surface area (TPSA) is 47.3 Å². The van der Waals surface area contributed by atoms with Crippen LogP contribution in [-0.4, -0.2) is 18.8 Å². The fraction of sp³-hybridized carbons (Fsp3) is 0.692. The molecule has 3 N–H and O–H groups in total. The lowest BCUT2D eigenvalue weighted by Crippen LogP contribution is -2.51. The summed E-state index contributed by atoms with van der Waals surface area (Å²) in [6.45, 7) is 9.27. The number of nitrogens with two attached hydrogens (primary N) is 1. The van der Waals surface area contributed by atoms with Crippen LogP contribution in [0.2, 0.25) is 0 Å². The third-order valence-corrected chi connectivity index (χ3v) is 4.48. The van der Waals surface area contributed by atoms with E-state index in [1.54, 1.807) is 11.3 Å². The van der Waals surface area contributed by atoms with E-state index < -0.39 is 0 Å². The normalized spacial score (nSPS) is 15.7. The van der Waals surface area contributed by atoms with Crippen LogP contribution in [0.1, 0.15) is 32.6 Å². The van der Waals surface area contributed by atoms with Gasteiger partial charge in [-0.25, -0.2) is 0 Å². The Morgan fingerprint density at radius 3 is 2.50 bits per heavy atom. The maximum Gasteiger partial charge on any atom is 0.0792 e. The van der Waals surface area contributed by atoms with E-state index in [0.29, 0.717) is 6.61 Å². The number of halogens is 1. The number of rotatable bonds is 6. The Balaban J connectivity index is 2.79. The third kappa shape index (κ3) is 4.63. The summed E-state index contributed by atoms with van der Waals surface area (Å²) in [4.78, 5) is 1.30. The van der Waals surface area contributed by atoms with E-state index >= 15 is 0 Å². The predicted octanol–water partition coefficient (Wildman–Crippen LogP) is 3.34. The molecule has 2 unspecified atom stereocenters. The zero-order valence-corrected chi connectivity index (χ0v) is 13.9. The van der Waals surface area contributed by atoms with Crippen LogP contribution in [0.5, 0.6) is 0 Å². The highest BCUT2D eigenvalue weighted by Gasteiger charge is 2.32. The highest BCUT2D eigenvalue weighted by Crippen LogP contribution is 2.29. The second-order valence-electron chi connectivity index (χ2n) is 5.43. The van der Waals surface area contributed by atoms with Crippen LogP contribution >= 0.6 is 27.3 Å². The van der Waals surface area contributed by atoms with Crippen molar-refractivity contribution < 1.29 is 4.74 Å². The average molecular weight is 335 g/mol. The van der Waals surface area contributed by atoms with Crippen LogP contribution in [0, 0.1) is 5.41 Å². The molecule has 0 fully saturated rings. The Bertz CT molecular complexity index is 362. The Morgan fingerprint density at radius 2 is 2.11 bits per heavy atom. The number of hydrazine groups is 1. The smallest absolute Gasteiger partial charge is 0.0792 e. The lowest BCUT2D eigenvalue weighted by molar-refractivity contribution is -0.0354. The fourth-order valence-corrected chi connectivity index (χ4v) is 3.62. The molecule has 0 radical (unpaired) electrons. The number of hydrogen-bond donors (Lipinski definition) is 2. The molecule has 0 spiro atoms. The van der Waals surface area contributed by atoms with E-state index in [4.69, 9.17) is 10.6 Å². The average Bonchev–Trinajstić information content (AvgIpc) is 2.67. The quantitative estimate of drug-likeness (QED) is 0.619. The lowest BCUT2D eigenvalue weighted by atomic mass is 9.83. The summed E-state index contributed by atoms with van der Waals surface area (Å²) < 4.78 is 7.04. The van der Waals surface area contributed by atoms with Gasteiger partial charge in [-0.1, -0.05) is 20.8 Å². The molecular formula is C13H23BrN2OS. The van der Waals surface area contributed by atoms with Crippen LogP contribution in [0.4, 0.5) is 0 Å². The minimum absolute atomic E-state index is 0.0571. The molecule has 0 aliphatic carbocycles.